The van der Waals surface area contributed by atoms with Gasteiger partial charge in [0.25, 0.3) is 0 Å². The third-order valence-corrected chi connectivity index (χ3v) is 7.49. The zero-order valence-electron chi connectivity index (χ0n) is 22.2. The lowest BCUT2D eigenvalue weighted by Crippen LogP contribution is -2.03. The van der Waals surface area contributed by atoms with Gasteiger partial charge >= 0.3 is 0 Å². The Morgan fingerprint density at radius 2 is 1.32 bits per heavy atom. The van der Waals surface area contributed by atoms with Crippen molar-refractivity contribution in [3.63, 3.8) is 0 Å². The SMILES string of the molecule is [C-]#[N+]c1ccc(-c2nc3ccccc3c3c2cc(-c2ccc(-c4c(F)c(C#N)c(F)c(C#N)c4F)cc2)c2nonc23)cc1. The summed E-state index contributed by atoms with van der Waals surface area (Å²) in [4.78, 5) is 8.42. The van der Waals surface area contributed by atoms with Gasteiger partial charge < -0.3 is 0 Å². The molecule has 5 aromatic carbocycles. The van der Waals surface area contributed by atoms with Crippen LogP contribution in [0.2, 0.25) is 0 Å². The highest BCUT2D eigenvalue weighted by molar-refractivity contribution is 6.23. The summed E-state index contributed by atoms with van der Waals surface area (Å²) in [7, 11) is 0. The molecule has 0 aliphatic heterocycles. The molecular formula is C34H13F3N6O. The van der Waals surface area contributed by atoms with Crippen LogP contribution < -0.4 is 0 Å². The number of nitrogens with zero attached hydrogens (tertiary/aromatic N) is 6. The van der Waals surface area contributed by atoms with E-state index in [0.29, 0.717) is 33.5 Å². The number of hydrogen-bond donors (Lipinski definition) is 0. The average molecular weight is 579 g/mol. The molecular weight excluding hydrogens is 565 g/mol. The van der Waals surface area contributed by atoms with Crippen LogP contribution in [0.1, 0.15) is 11.1 Å². The molecule has 0 bridgehead atoms. The predicted molar refractivity (Wildman–Crippen MR) is 156 cm³/mol. The Hall–Kier alpha value is -6.57. The summed E-state index contributed by atoms with van der Waals surface area (Å²) < 4.78 is 49.7. The first kappa shape index (κ1) is 26.3. The molecule has 0 fully saturated rings. The lowest BCUT2D eigenvalue weighted by molar-refractivity contribution is 0.316. The van der Waals surface area contributed by atoms with Crippen molar-refractivity contribution in [2.75, 3.05) is 0 Å². The summed E-state index contributed by atoms with van der Waals surface area (Å²) >= 11 is 0. The molecule has 0 saturated carbocycles. The molecule has 0 amide bonds. The van der Waals surface area contributed by atoms with E-state index in [0.717, 1.165) is 27.2 Å². The molecule has 0 N–H and O–H groups in total. The third-order valence-electron chi connectivity index (χ3n) is 7.49. The number of halogens is 3. The van der Waals surface area contributed by atoms with E-state index >= 15 is 8.78 Å². The fourth-order valence-electron chi connectivity index (χ4n) is 5.43. The van der Waals surface area contributed by atoms with Crippen molar-refractivity contribution in [3.8, 4) is 45.6 Å². The Kier molecular flexibility index (Phi) is 6.02. The molecule has 7 aromatic rings. The van der Waals surface area contributed by atoms with E-state index in [1.807, 2.05) is 42.5 Å². The van der Waals surface area contributed by atoms with E-state index in [2.05, 4.69) is 15.2 Å². The third kappa shape index (κ3) is 3.85. The molecule has 0 unspecified atom stereocenters. The molecule has 10 heteroatoms. The minimum atomic E-state index is -1.54. The largest absolute Gasteiger partial charge is 0.247 e. The number of benzene rings is 5. The molecule has 0 radical (unpaired) electrons. The fourth-order valence-corrected chi connectivity index (χ4v) is 5.43. The maximum Gasteiger partial charge on any atom is 0.187 e. The molecule has 0 aliphatic rings. The van der Waals surface area contributed by atoms with Crippen molar-refractivity contribution in [2.24, 2.45) is 0 Å². The van der Waals surface area contributed by atoms with Gasteiger partial charge in [0.2, 0.25) is 0 Å². The summed E-state index contributed by atoms with van der Waals surface area (Å²) in [6, 6.07) is 25.3. The van der Waals surface area contributed by atoms with Gasteiger partial charge in [0.15, 0.2) is 23.1 Å². The van der Waals surface area contributed by atoms with Gasteiger partial charge in [-0.2, -0.15) is 10.5 Å². The summed E-state index contributed by atoms with van der Waals surface area (Å²) in [5, 5.41) is 29.2. The second-order valence-corrected chi connectivity index (χ2v) is 9.81. The maximum atomic E-state index is 15.1. The van der Waals surface area contributed by atoms with Crippen molar-refractivity contribution in [2.45, 2.75) is 0 Å². The molecule has 7 nitrogen and oxygen atoms in total. The van der Waals surface area contributed by atoms with Crippen LogP contribution in [0.5, 0.6) is 0 Å². The van der Waals surface area contributed by atoms with Crippen LogP contribution in [0.25, 0.3) is 71.1 Å². The first-order chi connectivity index (χ1) is 21.4. The number of fused-ring (bicyclic) bond motifs is 5. The van der Waals surface area contributed by atoms with E-state index in [1.165, 1.54) is 24.3 Å². The predicted octanol–water partition coefficient (Wildman–Crippen LogP) is 8.64. The summed E-state index contributed by atoms with van der Waals surface area (Å²) in [6.45, 7) is 7.29. The molecule has 2 aromatic heterocycles. The van der Waals surface area contributed by atoms with Gasteiger partial charge in [-0.1, -0.05) is 66.7 Å². The van der Waals surface area contributed by atoms with Gasteiger partial charge in [0, 0.05) is 21.7 Å². The van der Waals surface area contributed by atoms with E-state index < -0.39 is 34.1 Å². The van der Waals surface area contributed by atoms with Crippen LogP contribution in [-0.4, -0.2) is 15.3 Å². The minimum absolute atomic E-state index is 0.000285. The number of aromatic nitrogens is 3. The quantitative estimate of drug-likeness (QED) is 0.154. The highest BCUT2D eigenvalue weighted by Crippen LogP contribution is 2.41. The van der Waals surface area contributed by atoms with Gasteiger partial charge in [0.1, 0.15) is 34.3 Å². The van der Waals surface area contributed by atoms with E-state index in [-0.39, 0.29) is 5.56 Å². The second kappa shape index (κ2) is 10.1. The number of pyridine rings is 1. The molecule has 206 valence electrons. The van der Waals surface area contributed by atoms with Crippen molar-refractivity contribution in [3.05, 3.63) is 119 Å². The normalized spacial score (nSPS) is 11.0. The summed E-state index contributed by atoms with van der Waals surface area (Å²) in [6.07, 6.45) is 0. The van der Waals surface area contributed by atoms with Gasteiger partial charge in [-0.25, -0.2) is 27.6 Å². The van der Waals surface area contributed by atoms with Crippen molar-refractivity contribution < 1.29 is 17.8 Å². The molecule has 0 atom stereocenters. The molecule has 44 heavy (non-hydrogen) atoms. The average Bonchev–Trinajstić information content (AvgIpc) is 3.55. The Bertz CT molecular complexity index is 2410. The van der Waals surface area contributed by atoms with Crippen molar-refractivity contribution in [1.82, 2.24) is 15.3 Å². The van der Waals surface area contributed by atoms with E-state index in [1.54, 1.807) is 24.3 Å². The Labute approximate surface area is 246 Å². The van der Waals surface area contributed by atoms with Crippen LogP contribution in [0.15, 0.2) is 83.5 Å². The number of para-hydroxylation sites is 1. The lowest BCUT2D eigenvalue weighted by Gasteiger charge is -2.13. The smallest absolute Gasteiger partial charge is 0.187 e. The van der Waals surface area contributed by atoms with Crippen LogP contribution in [0.3, 0.4) is 0 Å². The van der Waals surface area contributed by atoms with E-state index in [9.17, 15) is 14.9 Å². The number of rotatable bonds is 3. The molecule has 0 saturated heterocycles. The van der Waals surface area contributed by atoms with Crippen LogP contribution >= 0.6 is 0 Å². The number of nitriles is 2. The van der Waals surface area contributed by atoms with Crippen molar-refractivity contribution >= 4 is 38.4 Å². The number of hydrogen-bond acceptors (Lipinski definition) is 6. The van der Waals surface area contributed by atoms with Crippen LogP contribution in [0.4, 0.5) is 18.9 Å². The Morgan fingerprint density at radius 1 is 0.705 bits per heavy atom. The first-order valence-electron chi connectivity index (χ1n) is 13.0. The maximum absolute atomic E-state index is 15.1. The standard InChI is InChI=1S/C34H13F3N6O/c1-40-20-12-10-19(11-13-20)32-23-14-22(33-34(43-44-42-33)28(23)21-4-2-3-5-26(21)41-32)17-6-8-18(9-7-17)27-30(36)24(15-38)29(35)25(16-39)31(27)37/h2-14H. The van der Waals surface area contributed by atoms with Crippen molar-refractivity contribution in [1.29, 1.82) is 10.5 Å². The van der Waals surface area contributed by atoms with Gasteiger partial charge in [-0.15, -0.1) is 0 Å². The first-order valence-corrected chi connectivity index (χ1v) is 13.0. The van der Waals surface area contributed by atoms with Gasteiger partial charge in [-0.3, -0.25) is 0 Å². The lowest BCUT2D eigenvalue weighted by atomic mass is 9.92. The van der Waals surface area contributed by atoms with Gasteiger partial charge in [-0.05, 0) is 39.1 Å². The summed E-state index contributed by atoms with van der Waals surface area (Å²) in [5.74, 6) is -4.33. The second-order valence-electron chi connectivity index (χ2n) is 9.81. The molecule has 0 aliphatic carbocycles. The zero-order valence-corrected chi connectivity index (χ0v) is 22.2. The van der Waals surface area contributed by atoms with Gasteiger partial charge in [0.05, 0.1) is 23.3 Å². The molecule has 7 rings (SSSR count). The van der Waals surface area contributed by atoms with Crippen LogP contribution in [-0.2, 0) is 0 Å². The zero-order chi connectivity index (χ0) is 30.5. The van der Waals surface area contributed by atoms with E-state index in [4.69, 9.17) is 16.2 Å². The molecule has 2 heterocycles. The fraction of sp³-hybridized carbons (Fsp3) is 0. The highest BCUT2D eigenvalue weighted by Gasteiger charge is 2.26. The summed E-state index contributed by atoms with van der Waals surface area (Å²) in [5.41, 5.74) is 1.96. The monoisotopic (exact) mass is 578 g/mol. The Morgan fingerprint density at radius 3 is 1.98 bits per heavy atom. The van der Waals surface area contributed by atoms with Crippen LogP contribution in [0, 0.1) is 46.7 Å². The molecule has 0 spiro atoms. The Balaban J connectivity index is 1.47. The minimum Gasteiger partial charge on any atom is -0.247 e. The topological polar surface area (TPSA) is 104 Å². The highest BCUT2D eigenvalue weighted by atomic mass is 19.1.